The predicted molar refractivity (Wildman–Crippen MR) is 180 cm³/mol. The minimum absolute atomic E-state index is 0. The number of rotatable bonds is 6. The first kappa shape index (κ1) is 43.8. The van der Waals surface area contributed by atoms with Crippen molar-refractivity contribution in [1.29, 1.82) is 10.8 Å². The molecule has 4 aromatic carbocycles. The van der Waals surface area contributed by atoms with E-state index in [1.165, 1.54) is 48.5 Å². The average Bonchev–Trinajstić information content (AvgIpc) is 3.01. The van der Waals surface area contributed by atoms with Gasteiger partial charge in [-0.15, -0.1) is 10.2 Å². The van der Waals surface area contributed by atoms with Gasteiger partial charge in [-0.05, 0) is 24.3 Å². The molecule has 260 valence electrons. The Balaban J connectivity index is 0.000000798. The van der Waals surface area contributed by atoms with Crippen molar-refractivity contribution in [3.05, 3.63) is 118 Å². The number of diazo groups is 2. The number of halogens is 4. The van der Waals surface area contributed by atoms with Crippen LogP contribution in [0.1, 0.15) is 0 Å². The molecule has 0 aliphatic carbocycles. The summed E-state index contributed by atoms with van der Waals surface area (Å²) in [7, 11) is 20.0. The van der Waals surface area contributed by atoms with Gasteiger partial charge in [-0.25, -0.2) is 0 Å². The number of non-ortho nitro benzene ring substituents is 2. The van der Waals surface area contributed by atoms with Gasteiger partial charge < -0.3 is 35.3 Å². The number of nitro benzene ring substituents is 2. The van der Waals surface area contributed by atoms with E-state index in [-0.39, 0.29) is 72.0 Å². The Bertz CT molecular complexity index is 1780. The Hall–Kier alpha value is -5.23. The molecule has 0 fully saturated rings. The van der Waals surface area contributed by atoms with Crippen molar-refractivity contribution in [3.8, 4) is 23.0 Å². The number of hydrogen-bond acceptors (Lipinski definition) is 14. The Kier molecular flexibility index (Phi) is 18.0. The molecule has 0 amide bonds. The molecule has 0 saturated heterocycles. The van der Waals surface area contributed by atoms with Gasteiger partial charge in [0, 0.05) is 36.4 Å². The molecule has 0 heterocycles. The Morgan fingerprint density at radius 3 is 1.10 bits per heavy atom. The average molecular weight is 939 g/mol. The maximum absolute atomic E-state index is 10.5. The van der Waals surface area contributed by atoms with Gasteiger partial charge in [-0.3, -0.25) is 20.2 Å². The van der Waals surface area contributed by atoms with Crippen LogP contribution in [0.25, 0.3) is 9.95 Å². The maximum atomic E-state index is 10.5. The number of hydrogen-bond donors (Lipinski definition) is 4. The summed E-state index contributed by atoms with van der Waals surface area (Å²) < 4.78 is 0. The van der Waals surface area contributed by atoms with Crippen molar-refractivity contribution in [3.63, 3.8) is 0 Å². The molecule has 0 spiro atoms. The third-order valence-corrected chi connectivity index (χ3v) is 5.03. The molecule has 0 bridgehead atoms. The molecular weight excluding hydrogens is 917 g/mol. The fraction of sp³-hybridized carbons (Fsp3) is 0. The van der Waals surface area contributed by atoms with E-state index < -0.39 is 21.7 Å². The topological polar surface area (TPSA) is 273 Å². The molecule has 0 aliphatic rings. The fourth-order valence-electron chi connectivity index (χ4n) is 2.94. The van der Waals surface area contributed by atoms with Crippen molar-refractivity contribution in [2.75, 3.05) is 0 Å². The van der Waals surface area contributed by atoms with Gasteiger partial charge in [0.2, 0.25) is 22.3 Å². The van der Waals surface area contributed by atoms with Gasteiger partial charge in [0.25, 0.3) is 11.4 Å². The predicted octanol–water partition coefficient (Wildman–Crippen LogP) is 11.5. The summed E-state index contributed by atoms with van der Waals surface area (Å²) >= 11 is -3.06. The normalized spacial score (nSPS) is 10.5. The van der Waals surface area contributed by atoms with Gasteiger partial charge in [-0.1, -0.05) is 0 Å². The molecule has 0 atom stereocenters. The summed E-state index contributed by atoms with van der Waals surface area (Å²) in [6.07, 6.45) is 0. The fourth-order valence-corrected chi connectivity index (χ4v) is 2.94. The number of phenolic OH excluding ortho intramolecular Hbond substituents is 4. The number of aromatic hydroxyl groups is 4. The second-order valence-corrected chi connectivity index (χ2v) is 27.8. The minimum atomic E-state index is -3.06. The summed E-state index contributed by atoms with van der Waals surface area (Å²) in [5.74, 6) is -1.45. The van der Waals surface area contributed by atoms with Crippen LogP contribution in [0.3, 0.4) is 0 Å². The SMILES string of the molecule is N#[N+]c1cc(O)c(N=Nc2ccc([N+](=O)[O-])cc2)cc1O.N#[N+]c1cc(O)c(N=Nc2ccc([N+](=O)[O-])cc2)cc1O.[CH3-].[CH3-].[Cl][Pt+2]([Cl])([Cl])[Cl]. The van der Waals surface area contributed by atoms with E-state index in [4.69, 9.17) is 48.5 Å². The van der Waals surface area contributed by atoms with Crippen LogP contribution in [-0.2, 0) is 11.9 Å². The molecule has 4 N–H and O–H groups in total. The van der Waals surface area contributed by atoms with Crippen LogP contribution >= 0.6 is 37.7 Å². The Morgan fingerprint density at radius 1 is 0.571 bits per heavy atom. The van der Waals surface area contributed by atoms with Gasteiger partial charge in [-0.2, -0.15) is 10.2 Å². The van der Waals surface area contributed by atoms with Gasteiger partial charge in [0.05, 0.1) is 33.4 Å². The van der Waals surface area contributed by atoms with E-state index >= 15 is 0 Å². The third kappa shape index (κ3) is 15.0. The number of nitro groups is 2. The van der Waals surface area contributed by atoms with Crippen molar-refractivity contribution < 1.29 is 42.2 Å². The molecule has 18 nitrogen and oxygen atoms in total. The first-order chi connectivity index (χ1) is 22.0. The van der Waals surface area contributed by atoms with Crippen LogP contribution in [0, 0.1) is 45.9 Å². The number of nitrogens with zero attached hydrogens (tertiary/aromatic N) is 10. The molecule has 4 rings (SSSR count). The van der Waals surface area contributed by atoms with Crippen LogP contribution in [0.2, 0.25) is 0 Å². The van der Waals surface area contributed by atoms with Crippen LogP contribution < -0.4 is 0 Å². The zero-order valence-electron chi connectivity index (χ0n) is 24.7. The molecular formula is C26H22Cl4N10O8Pt+2. The van der Waals surface area contributed by atoms with Crippen molar-refractivity contribution in [2.24, 2.45) is 20.5 Å². The standard InChI is InChI=1S/2C12H7N5O4.2CH3.4ClH.Pt/c2*13-14-9-5-12(19)10(6-11(9)18)16-15-7-1-3-8(4-2-7)17(20)21;;;;;;;/h2*1-6,13H;2*1H3;4*1H;/q;;2*-1;;;;;+6/p-2. The second kappa shape index (κ2) is 20.2. The van der Waals surface area contributed by atoms with Crippen molar-refractivity contribution >= 4 is 83.2 Å². The quantitative estimate of drug-likeness (QED) is 0.0354. The molecule has 0 unspecified atom stereocenters. The Labute approximate surface area is 296 Å². The number of phenols is 4. The molecule has 4 aromatic rings. The zero-order chi connectivity index (χ0) is 35.3. The van der Waals surface area contributed by atoms with Crippen molar-refractivity contribution in [1.82, 2.24) is 0 Å². The van der Waals surface area contributed by atoms with E-state index in [9.17, 15) is 40.7 Å². The van der Waals surface area contributed by atoms with Crippen LogP contribution in [0.15, 0.2) is 93.3 Å². The molecule has 23 heteroatoms. The van der Waals surface area contributed by atoms with E-state index in [0.29, 0.717) is 11.4 Å². The van der Waals surface area contributed by atoms with Crippen LogP contribution in [-0.4, -0.2) is 30.3 Å². The summed E-state index contributed by atoms with van der Waals surface area (Å²) in [4.78, 5) is 25.5. The summed E-state index contributed by atoms with van der Waals surface area (Å²) in [5.41, 5.74) is -0.00222. The van der Waals surface area contributed by atoms with Gasteiger partial charge in [0.1, 0.15) is 11.4 Å². The molecule has 0 aromatic heterocycles. The summed E-state index contributed by atoms with van der Waals surface area (Å²) in [6, 6.07) is 14.8. The Morgan fingerprint density at radius 2 is 0.857 bits per heavy atom. The monoisotopic (exact) mass is 937 g/mol. The number of azo groups is 2. The van der Waals surface area contributed by atoms with Crippen molar-refractivity contribution in [2.45, 2.75) is 0 Å². The van der Waals surface area contributed by atoms with Gasteiger partial charge >= 0.3 is 60.9 Å². The zero-order valence-corrected chi connectivity index (χ0v) is 29.9. The summed E-state index contributed by atoms with van der Waals surface area (Å²) in [6.45, 7) is 0. The molecule has 0 aliphatic heterocycles. The first-order valence-electron chi connectivity index (χ1n) is 11.6. The van der Waals surface area contributed by atoms with E-state index in [1.807, 2.05) is 0 Å². The van der Waals surface area contributed by atoms with Crippen LogP contribution in [0.5, 0.6) is 23.0 Å². The molecule has 0 saturated carbocycles. The van der Waals surface area contributed by atoms with E-state index in [2.05, 4.69) is 30.4 Å². The third-order valence-electron chi connectivity index (χ3n) is 5.03. The van der Waals surface area contributed by atoms with E-state index in [0.717, 1.165) is 24.3 Å². The number of benzene rings is 4. The van der Waals surface area contributed by atoms with E-state index in [1.54, 1.807) is 0 Å². The second-order valence-electron chi connectivity index (χ2n) is 8.08. The first-order valence-corrected chi connectivity index (χ1v) is 22.9. The van der Waals surface area contributed by atoms with Crippen LogP contribution in [0.4, 0.5) is 45.5 Å². The summed E-state index contributed by atoms with van der Waals surface area (Å²) in [5, 5.41) is 91.2. The van der Waals surface area contributed by atoms with Gasteiger partial charge in [0.15, 0.2) is 21.5 Å². The molecule has 49 heavy (non-hydrogen) atoms. The molecule has 0 radical (unpaired) electrons.